The van der Waals surface area contributed by atoms with Crippen molar-refractivity contribution < 1.29 is 19.1 Å². The average molecular weight is 393 g/mol. The zero-order valence-electron chi connectivity index (χ0n) is 16.8. The lowest BCUT2D eigenvalue weighted by atomic mass is 9.88. The van der Waals surface area contributed by atoms with Crippen LogP contribution in [0.5, 0.6) is 0 Å². The fourth-order valence-electron chi connectivity index (χ4n) is 2.46. The van der Waals surface area contributed by atoms with Crippen LogP contribution >= 0.6 is 23.5 Å². The Morgan fingerprint density at radius 2 is 1.00 bits per heavy atom. The largest absolute Gasteiger partial charge is 0.469 e. The first kappa shape index (κ1) is 24.6. The third-order valence-corrected chi connectivity index (χ3v) is 6.54. The van der Waals surface area contributed by atoms with E-state index in [0.717, 1.165) is 37.2 Å². The summed E-state index contributed by atoms with van der Waals surface area (Å²) in [5.41, 5.74) is -0.744. The number of carbonyl (C=O) groups excluding carboxylic acids is 2. The molecule has 25 heavy (non-hydrogen) atoms. The van der Waals surface area contributed by atoms with Crippen LogP contribution in [-0.4, -0.2) is 49.2 Å². The Labute approximate surface area is 162 Å². The second kappa shape index (κ2) is 12.9. The number of methoxy groups -OCH3 is 2. The Morgan fingerprint density at radius 1 is 0.680 bits per heavy atom. The van der Waals surface area contributed by atoms with E-state index in [1.165, 1.54) is 32.1 Å². The van der Waals surface area contributed by atoms with E-state index in [9.17, 15) is 9.59 Å². The molecule has 0 aliphatic rings. The Bertz CT molecular complexity index is 359. The number of hydrogen-bond donors (Lipinski definition) is 0. The first-order valence-corrected chi connectivity index (χ1v) is 11.3. The third-order valence-electron chi connectivity index (χ3n) is 4.23. The molecule has 0 fully saturated rings. The monoisotopic (exact) mass is 392 g/mol. The summed E-state index contributed by atoms with van der Waals surface area (Å²) in [7, 11) is 2.90. The molecule has 0 N–H and O–H groups in total. The molecule has 6 heteroatoms. The number of rotatable bonds is 14. The predicted octanol–water partition coefficient (Wildman–Crippen LogP) is 4.80. The fraction of sp³-hybridized carbons (Fsp3) is 0.895. The summed E-state index contributed by atoms with van der Waals surface area (Å²) in [6, 6.07) is 0. The maximum absolute atomic E-state index is 11.6. The van der Waals surface area contributed by atoms with Crippen molar-refractivity contribution in [2.45, 2.75) is 59.8 Å². The number of esters is 2. The highest BCUT2D eigenvalue weighted by molar-refractivity contribution is 8.00. The summed E-state index contributed by atoms with van der Waals surface area (Å²) in [6.45, 7) is 7.78. The van der Waals surface area contributed by atoms with E-state index in [1.54, 1.807) is 0 Å². The molecule has 0 saturated heterocycles. The molecular formula is C19H36O4S2. The van der Waals surface area contributed by atoms with E-state index in [0.29, 0.717) is 0 Å². The second-order valence-electron chi connectivity index (χ2n) is 7.54. The Hall–Kier alpha value is -0.360. The van der Waals surface area contributed by atoms with Gasteiger partial charge in [0.15, 0.2) is 0 Å². The Kier molecular flexibility index (Phi) is 12.7. The van der Waals surface area contributed by atoms with E-state index in [4.69, 9.17) is 9.47 Å². The average Bonchev–Trinajstić information content (AvgIpc) is 2.57. The molecule has 0 saturated carbocycles. The van der Waals surface area contributed by atoms with Crippen LogP contribution in [0.25, 0.3) is 0 Å². The predicted molar refractivity (Wildman–Crippen MR) is 109 cm³/mol. The van der Waals surface area contributed by atoms with Gasteiger partial charge in [-0.1, -0.05) is 0 Å². The van der Waals surface area contributed by atoms with Gasteiger partial charge in [-0.3, -0.25) is 9.59 Å². The van der Waals surface area contributed by atoms with Crippen molar-refractivity contribution in [3.8, 4) is 0 Å². The minimum Gasteiger partial charge on any atom is -0.469 e. The summed E-state index contributed by atoms with van der Waals surface area (Å²) in [5.74, 6) is 4.28. The molecule has 0 unspecified atom stereocenters. The highest BCUT2D eigenvalue weighted by Gasteiger charge is 2.28. The van der Waals surface area contributed by atoms with Crippen LogP contribution in [0.1, 0.15) is 59.8 Å². The molecule has 0 aromatic rings. The van der Waals surface area contributed by atoms with E-state index < -0.39 is 0 Å². The van der Waals surface area contributed by atoms with Crippen molar-refractivity contribution in [3.63, 3.8) is 0 Å². The summed E-state index contributed by atoms with van der Waals surface area (Å²) in [6.07, 6.45) is 5.04. The van der Waals surface area contributed by atoms with Gasteiger partial charge in [0.25, 0.3) is 0 Å². The van der Waals surface area contributed by atoms with Crippen LogP contribution in [-0.2, 0) is 19.1 Å². The lowest BCUT2D eigenvalue weighted by Gasteiger charge is -2.21. The summed E-state index contributed by atoms with van der Waals surface area (Å²) in [5, 5.41) is 0. The molecule has 0 rings (SSSR count). The summed E-state index contributed by atoms with van der Waals surface area (Å²) >= 11 is 3.92. The van der Waals surface area contributed by atoms with Gasteiger partial charge in [-0.15, -0.1) is 0 Å². The third kappa shape index (κ3) is 11.1. The van der Waals surface area contributed by atoms with Gasteiger partial charge in [0.05, 0.1) is 25.0 Å². The van der Waals surface area contributed by atoms with Crippen molar-refractivity contribution in [1.29, 1.82) is 0 Å². The molecule has 0 spiro atoms. The van der Waals surface area contributed by atoms with Crippen LogP contribution in [0.15, 0.2) is 0 Å². The van der Waals surface area contributed by atoms with Gasteiger partial charge < -0.3 is 9.47 Å². The molecule has 0 radical (unpaired) electrons. The lowest BCUT2D eigenvalue weighted by Crippen LogP contribution is -2.25. The maximum atomic E-state index is 11.6. The molecule has 0 atom stereocenters. The first-order chi connectivity index (χ1) is 11.7. The van der Waals surface area contributed by atoms with Crippen LogP contribution in [0.2, 0.25) is 0 Å². The lowest BCUT2D eigenvalue weighted by molar-refractivity contribution is -0.151. The van der Waals surface area contributed by atoms with E-state index in [-0.39, 0.29) is 22.8 Å². The number of ether oxygens (including phenoxy) is 2. The zero-order valence-corrected chi connectivity index (χ0v) is 18.4. The van der Waals surface area contributed by atoms with Crippen LogP contribution in [0.4, 0.5) is 0 Å². The van der Waals surface area contributed by atoms with E-state index >= 15 is 0 Å². The van der Waals surface area contributed by atoms with Crippen molar-refractivity contribution in [2.75, 3.05) is 37.2 Å². The number of carbonyl (C=O) groups is 2. The van der Waals surface area contributed by atoms with Crippen LogP contribution in [0.3, 0.4) is 0 Å². The molecule has 0 aliphatic heterocycles. The molecule has 148 valence electrons. The first-order valence-electron chi connectivity index (χ1n) is 8.99. The van der Waals surface area contributed by atoms with Gasteiger partial charge in [0, 0.05) is 0 Å². The van der Waals surface area contributed by atoms with Gasteiger partial charge in [0.2, 0.25) is 0 Å². The van der Waals surface area contributed by atoms with Gasteiger partial charge in [-0.2, -0.15) is 23.5 Å². The molecule has 4 nitrogen and oxygen atoms in total. The van der Waals surface area contributed by atoms with Gasteiger partial charge in [-0.05, 0) is 82.8 Å². The molecule has 0 heterocycles. The quantitative estimate of drug-likeness (QED) is 0.312. The molecular weight excluding hydrogens is 356 g/mol. The molecule has 0 aromatic carbocycles. The topological polar surface area (TPSA) is 52.6 Å². The molecule has 0 amide bonds. The van der Waals surface area contributed by atoms with E-state index in [2.05, 4.69) is 0 Å². The highest BCUT2D eigenvalue weighted by atomic mass is 32.2. The second-order valence-corrected chi connectivity index (χ2v) is 9.99. The minimum atomic E-state index is -0.372. The zero-order chi connectivity index (χ0) is 19.3. The molecule has 0 bridgehead atoms. The number of thioether (sulfide) groups is 2. The maximum Gasteiger partial charge on any atom is 0.311 e. The van der Waals surface area contributed by atoms with Gasteiger partial charge in [0.1, 0.15) is 0 Å². The molecule has 0 aromatic heterocycles. The van der Waals surface area contributed by atoms with Crippen LogP contribution in [0, 0.1) is 10.8 Å². The molecule has 0 aliphatic carbocycles. The fourth-order valence-corrected chi connectivity index (χ4v) is 4.44. The van der Waals surface area contributed by atoms with Crippen molar-refractivity contribution >= 4 is 35.5 Å². The smallest absolute Gasteiger partial charge is 0.311 e. The van der Waals surface area contributed by atoms with Crippen molar-refractivity contribution in [2.24, 2.45) is 10.8 Å². The highest BCUT2D eigenvalue weighted by Crippen LogP contribution is 2.26. The van der Waals surface area contributed by atoms with E-state index in [1.807, 2.05) is 51.2 Å². The standard InChI is InChI=1S/C19H36O4S2/c1-18(2,16(20)22-5)10-7-12-24-14-9-15-25-13-8-11-19(3,4)17(21)23-6/h7-15H2,1-6H3. The Morgan fingerprint density at radius 3 is 1.32 bits per heavy atom. The Balaban J connectivity index is 3.51. The van der Waals surface area contributed by atoms with Gasteiger partial charge >= 0.3 is 11.9 Å². The van der Waals surface area contributed by atoms with Gasteiger partial charge in [-0.25, -0.2) is 0 Å². The SMILES string of the molecule is COC(=O)C(C)(C)CCCSCCCSCCCC(C)(C)C(=O)OC. The van der Waals surface area contributed by atoms with Crippen LogP contribution < -0.4 is 0 Å². The number of hydrogen-bond acceptors (Lipinski definition) is 6. The normalized spacial score (nSPS) is 12.1. The summed E-state index contributed by atoms with van der Waals surface area (Å²) < 4.78 is 9.65. The van der Waals surface area contributed by atoms with Crippen molar-refractivity contribution in [3.05, 3.63) is 0 Å². The van der Waals surface area contributed by atoms with Crippen molar-refractivity contribution in [1.82, 2.24) is 0 Å². The minimum absolute atomic E-state index is 0.121. The summed E-state index contributed by atoms with van der Waals surface area (Å²) in [4.78, 5) is 23.2.